The summed E-state index contributed by atoms with van der Waals surface area (Å²) in [7, 11) is 1.65. The molecular formula is C24H24F2N6O2. The number of amides is 1. The number of anilines is 1. The molecule has 3 heterocycles. The molecule has 0 saturated heterocycles. The Bertz CT molecular complexity index is 1410. The van der Waals surface area contributed by atoms with Crippen LogP contribution in [-0.4, -0.2) is 44.3 Å². The SMILES string of the molecule is C=Cn1c(=NC)c(-c2cnc(/C(CC)=N\O)cc2C)cc2cnc(NC(=O)C3CC3(F)F)cc21. The Morgan fingerprint density at radius 2 is 2.06 bits per heavy atom. The maximum Gasteiger partial charge on any atom is 0.260 e. The summed E-state index contributed by atoms with van der Waals surface area (Å²) in [5.74, 6) is -4.85. The molecule has 0 radical (unpaired) electrons. The molecule has 0 aromatic carbocycles. The molecule has 4 rings (SSSR count). The van der Waals surface area contributed by atoms with E-state index in [1.807, 2.05) is 26.0 Å². The highest BCUT2D eigenvalue weighted by atomic mass is 19.3. The van der Waals surface area contributed by atoms with Crippen LogP contribution in [0.15, 0.2) is 47.3 Å². The number of halogens is 2. The lowest BCUT2D eigenvalue weighted by Crippen LogP contribution is -2.21. The summed E-state index contributed by atoms with van der Waals surface area (Å²) in [6.45, 7) is 7.70. The Morgan fingerprint density at radius 3 is 2.62 bits per heavy atom. The molecule has 10 heteroatoms. The highest BCUT2D eigenvalue weighted by Gasteiger charge is 2.61. The molecule has 0 bridgehead atoms. The summed E-state index contributed by atoms with van der Waals surface area (Å²) >= 11 is 0. The van der Waals surface area contributed by atoms with Crippen molar-refractivity contribution in [3.63, 3.8) is 0 Å². The number of carbonyl (C=O) groups excluding carboxylic acids is 1. The first-order valence-corrected chi connectivity index (χ1v) is 10.7. The van der Waals surface area contributed by atoms with Crippen molar-refractivity contribution in [2.45, 2.75) is 32.6 Å². The van der Waals surface area contributed by atoms with Gasteiger partial charge in [0.05, 0.1) is 11.2 Å². The van der Waals surface area contributed by atoms with E-state index in [1.165, 1.54) is 0 Å². The quantitative estimate of drug-likeness (QED) is 0.322. The number of fused-ring (bicyclic) bond motifs is 1. The molecule has 3 aromatic rings. The molecule has 2 N–H and O–H groups in total. The average Bonchev–Trinajstić information content (AvgIpc) is 3.47. The van der Waals surface area contributed by atoms with Crippen molar-refractivity contribution in [1.29, 1.82) is 0 Å². The second kappa shape index (κ2) is 8.77. The van der Waals surface area contributed by atoms with Crippen molar-refractivity contribution in [2.75, 3.05) is 12.4 Å². The van der Waals surface area contributed by atoms with Gasteiger partial charge in [0.15, 0.2) is 0 Å². The fourth-order valence-corrected chi connectivity index (χ4v) is 3.93. The van der Waals surface area contributed by atoms with Gasteiger partial charge in [0.1, 0.15) is 22.9 Å². The first-order chi connectivity index (χ1) is 16.2. The van der Waals surface area contributed by atoms with Gasteiger partial charge in [-0.1, -0.05) is 18.7 Å². The van der Waals surface area contributed by atoms with Gasteiger partial charge in [0, 0.05) is 54.6 Å². The predicted molar refractivity (Wildman–Crippen MR) is 126 cm³/mol. The molecule has 0 spiro atoms. The van der Waals surface area contributed by atoms with Gasteiger partial charge < -0.3 is 15.1 Å². The van der Waals surface area contributed by atoms with Crippen LogP contribution in [0.5, 0.6) is 0 Å². The lowest BCUT2D eigenvalue weighted by atomic mass is 10.0. The van der Waals surface area contributed by atoms with Gasteiger partial charge in [-0.05, 0) is 31.0 Å². The van der Waals surface area contributed by atoms with E-state index in [-0.39, 0.29) is 5.82 Å². The maximum absolute atomic E-state index is 13.2. The number of pyridine rings is 3. The monoisotopic (exact) mass is 466 g/mol. The van der Waals surface area contributed by atoms with Crippen molar-refractivity contribution < 1.29 is 18.8 Å². The second-order valence-electron chi connectivity index (χ2n) is 8.08. The van der Waals surface area contributed by atoms with Gasteiger partial charge in [-0.2, -0.15) is 0 Å². The number of carbonyl (C=O) groups is 1. The Labute approximate surface area is 194 Å². The third-order valence-electron chi connectivity index (χ3n) is 5.88. The number of nitrogens with one attached hydrogen (secondary N) is 1. The minimum absolute atomic E-state index is 0.170. The van der Waals surface area contributed by atoms with E-state index < -0.39 is 24.2 Å². The van der Waals surface area contributed by atoms with E-state index in [9.17, 15) is 18.8 Å². The molecule has 1 fully saturated rings. The van der Waals surface area contributed by atoms with Gasteiger partial charge in [-0.25, -0.2) is 13.8 Å². The lowest BCUT2D eigenvalue weighted by Gasteiger charge is -2.15. The summed E-state index contributed by atoms with van der Waals surface area (Å²) in [6, 6.07) is 5.35. The van der Waals surface area contributed by atoms with Crippen LogP contribution in [0.25, 0.3) is 28.2 Å². The summed E-state index contributed by atoms with van der Waals surface area (Å²) in [5, 5.41) is 15.7. The van der Waals surface area contributed by atoms with Crippen LogP contribution in [-0.2, 0) is 4.79 Å². The zero-order chi connectivity index (χ0) is 24.6. The fourth-order valence-electron chi connectivity index (χ4n) is 3.93. The molecule has 1 atom stereocenters. The first kappa shape index (κ1) is 23.2. The molecule has 176 valence electrons. The lowest BCUT2D eigenvalue weighted by molar-refractivity contribution is -0.119. The van der Waals surface area contributed by atoms with E-state index in [1.54, 1.807) is 36.3 Å². The van der Waals surface area contributed by atoms with Crippen LogP contribution in [0.2, 0.25) is 0 Å². The van der Waals surface area contributed by atoms with Gasteiger partial charge >= 0.3 is 0 Å². The second-order valence-corrected chi connectivity index (χ2v) is 8.08. The fraction of sp³-hybridized carbons (Fsp3) is 0.292. The minimum Gasteiger partial charge on any atom is -0.411 e. The molecule has 1 saturated carbocycles. The Hall–Kier alpha value is -3.95. The van der Waals surface area contributed by atoms with E-state index in [0.717, 1.165) is 22.1 Å². The van der Waals surface area contributed by atoms with Crippen molar-refractivity contribution in [3.8, 4) is 11.1 Å². The number of aromatic nitrogens is 3. The number of rotatable bonds is 6. The van der Waals surface area contributed by atoms with E-state index in [4.69, 9.17) is 0 Å². The largest absolute Gasteiger partial charge is 0.411 e. The van der Waals surface area contributed by atoms with Gasteiger partial charge in [0.25, 0.3) is 5.92 Å². The van der Waals surface area contributed by atoms with E-state index in [2.05, 4.69) is 32.0 Å². The van der Waals surface area contributed by atoms with Crippen LogP contribution in [0.4, 0.5) is 14.6 Å². The van der Waals surface area contributed by atoms with Crippen LogP contribution in [0, 0.1) is 12.8 Å². The number of hydrogen-bond donors (Lipinski definition) is 2. The molecule has 3 aromatic heterocycles. The summed E-state index contributed by atoms with van der Waals surface area (Å²) < 4.78 is 28.2. The number of nitrogens with zero attached hydrogens (tertiary/aromatic N) is 5. The van der Waals surface area contributed by atoms with Gasteiger partial charge in [-0.15, -0.1) is 0 Å². The standard InChI is InChI=1S/C24H24F2N6O2/c1-5-18(31-34)19-7-13(3)16(12-28-19)15-8-14-11-29-21(30-23(33)17-10-24(17,25)26)9-20(14)32(6-2)22(15)27-4/h6-9,11-12,17,34H,2,5,10H2,1,3-4H3,(H,29,30,33)/b27-22?,31-18-. The normalized spacial score (nSPS) is 17.6. The predicted octanol–water partition coefficient (Wildman–Crippen LogP) is 4.22. The zero-order valence-electron chi connectivity index (χ0n) is 19.0. The van der Waals surface area contributed by atoms with Crippen molar-refractivity contribution in [1.82, 2.24) is 14.5 Å². The Balaban J connectivity index is 1.81. The van der Waals surface area contributed by atoms with E-state index >= 15 is 0 Å². The molecule has 1 aliphatic rings. The van der Waals surface area contributed by atoms with Gasteiger partial charge in [-0.3, -0.25) is 14.8 Å². The Morgan fingerprint density at radius 1 is 1.32 bits per heavy atom. The zero-order valence-corrected chi connectivity index (χ0v) is 19.0. The number of oxime groups is 1. The number of aryl methyl sites for hydroxylation is 1. The summed E-state index contributed by atoms with van der Waals surface area (Å²) in [5.41, 5.74) is 4.81. The third-order valence-corrected chi connectivity index (χ3v) is 5.88. The summed E-state index contributed by atoms with van der Waals surface area (Å²) in [6.07, 6.45) is 4.93. The average molecular weight is 466 g/mol. The molecular weight excluding hydrogens is 442 g/mol. The van der Waals surface area contributed by atoms with Crippen molar-refractivity contribution in [2.24, 2.45) is 16.1 Å². The van der Waals surface area contributed by atoms with E-state index in [0.29, 0.717) is 28.8 Å². The van der Waals surface area contributed by atoms with Crippen molar-refractivity contribution in [3.05, 3.63) is 53.9 Å². The van der Waals surface area contributed by atoms with Crippen LogP contribution >= 0.6 is 0 Å². The number of alkyl halides is 2. The molecule has 1 amide bonds. The van der Waals surface area contributed by atoms with Crippen LogP contribution < -0.4 is 10.8 Å². The van der Waals surface area contributed by atoms with Crippen molar-refractivity contribution >= 4 is 34.5 Å². The Kier molecular flexibility index (Phi) is 5.99. The highest BCUT2D eigenvalue weighted by molar-refractivity contribution is 5.99. The molecule has 0 aliphatic heterocycles. The topological polar surface area (TPSA) is 105 Å². The van der Waals surface area contributed by atoms with Crippen LogP contribution in [0.1, 0.15) is 31.0 Å². The molecule has 8 nitrogen and oxygen atoms in total. The maximum atomic E-state index is 13.2. The minimum atomic E-state index is -2.95. The molecule has 1 aliphatic carbocycles. The smallest absolute Gasteiger partial charge is 0.260 e. The molecule has 1 unspecified atom stereocenters. The summed E-state index contributed by atoms with van der Waals surface area (Å²) in [4.78, 5) is 25.2. The first-order valence-electron chi connectivity index (χ1n) is 10.7. The number of hydrogen-bond acceptors (Lipinski definition) is 6. The van der Waals surface area contributed by atoms with Gasteiger partial charge in [0.2, 0.25) is 5.91 Å². The van der Waals surface area contributed by atoms with Crippen LogP contribution in [0.3, 0.4) is 0 Å². The highest BCUT2D eigenvalue weighted by Crippen LogP contribution is 2.49. The molecule has 34 heavy (non-hydrogen) atoms. The third kappa shape index (κ3) is 4.07.